The van der Waals surface area contributed by atoms with E-state index in [1.807, 2.05) is 45.9 Å². The fraction of sp³-hybridized carbons (Fsp3) is 0.364. The minimum absolute atomic E-state index is 0.0816. The third-order valence-electron chi connectivity index (χ3n) is 4.47. The molecule has 0 saturated heterocycles. The van der Waals surface area contributed by atoms with E-state index in [9.17, 15) is 9.59 Å². The number of aryl methyl sites for hydroxylation is 1. The lowest BCUT2D eigenvalue weighted by Gasteiger charge is -2.23. The highest BCUT2D eigenvalue weighted by atomic mass is 16.5. The van der Waals surface area contributed by atoms with Crippen molar-refractivity contribution in [3.8, 4) is 5.75 Å². The second kappa shape index (κ2) is 8.25. The topological polar surface area (TPSA) is 67.4 Å². The van der Waals surface area contributed by atoms with Crippen LogP contribution in [0.5, 0.6) is 5.75 Å². The molecule has 0 heterocycles. The Kier molecular flexibility index (Phi) is 6.26. The molecule has 2 rings (SSSR count). The van der Waals surface area contributed by atoms with Crippen LogP contribution < -0.4 is 15.4 Å². The predicted octanol–water partition coefficient (Wildman–Crippen LogP) is 4.69. The molecule has 0 aliphatic carbocycles. The second-order valence-electron chi connectivity index (χ2n) is 7.47. The maximum Gasteiger partial charge on any atom is 0.239 e. The summed E-state index contributed by atoms with van der Waals surface area (Å²) in [6.45, 7) is 11.0. The van der Waals surface area contributed by atoms with Crippen LogP contribution in [0.15, 0.2) is 42.5 Å². The predicted molar refractivity (Wildman–Crippen MR) is 109 cm³/mol. The molecule has 0 aliphatic heterocycles. The lowest BCUT2D eigenvalue weighted by atomic mass is 9.90. The van der Waals surface area contributed by atoms with Gasteiger partial charge in [-0.25, -0.2) is 0 Å². The van der Waals surface area contributed by atoms with Gasteiger partial charge in [-0.05, 0) is 83.0 Å². The van der Waals surface area contributed by atoms with E-state index in [0.29, 0.717) is 5.69 Å². The van der Waals surface area contributed by atoms with Crippen LogP contribution in [0.3, 0.4) is 0 Å². The monoisotopic (exact) mass is 368 g/mol. The fourth-order valence-corrected chi connectivity index (χ4v) is 2.44. The summed E-state index contributed by atoms with van der Waals surface area (Å²) in [6, 6.07) is 12.8. The molecule has 0 saturated carbocycles. The van der Waals surface area contributed by atoms with Gasteiger partial charge in [0.15, 0.2) is 0 Å². The van der Waals surface area contributed by atoms with Crippen molar-refractivity contribution in [3.05, 3.63) is 53.6 Å². The first-order valence-corrected chi connectivity index (χ1v) is 9.07. The number of hydrogen-bond acceptors (Lipinski definition) is 3. The number of rotatable bonds is 6. The van der Waals surface area contributed by atoms with Crippen LogP contribution in [0.2, 0.25) is 0 Å². The van der Waals surface area contributed by atoms with Crippen molar-refractivity contribution in [1.29, 1.82) is 0 Å². The molecule has 2 aromatic carbocycles. The van der Waals surface area contributed by atoms with Crippen LogP contribution in [-0.2, 0) is 9.59 Å². The minimum atomic E-state index is -1.23. The third kappa shape index (κ3) is 5.09. The normalized spacial score (nSPS) is 11.2. The fourth-order valence-electron chi connectivity index (χ4n) is 2.44. The van der Waals surface area contributed by atoms with Crippen molar-refractivity contribution in [1.82, 2.24) is 0 Å². The van der Waals surface area contributed by atoms with E-state index in [0.717, 1.165) is 22.6 Å². The van der Waals surface area contributed by atoms with Crippen molar-refractivity contribution < 1.29 is 14.3 Å². The molecule has 5 nitrogen and oxygen atoms in total. The lowest BCUT2D eigenvalue weighted by Crippen LogP contribution is -2.41. The van der Waals surface area contributed by atoms with Crippen molar-refractivity contribution in [3.63, 3.8) is 0 Å². The minimum Gasteiger partial charge on any atom is -0.491 e. The molecule has 2 N–H and O–H groups in total. The zero-order valence-electron chi connectivity index (χ0n) is 16.8. The van der Waals surface area contributed by atoms with Gasteiger partial charge in [0, 0.05) is 11.4 Å². The van der Waals surface area contributed by atoms with Gasteiger partial charge >= 0.3 is 0 Å². The Balaban J connectivity index is 2.07. The molecule has 2 amide bonds. The average Bonchev–Trinajstić information content (AvgIpc) is 2.60. The van der Waals surface area contributed by atoms with Gasteiger partial charge in [0.25, 0.3) is 0 Å². The maximum absolute atomic E-state index is 12.7. The van der Waals surface area contributed by atoms with E-state index in [1.54, 1.807) is 38.1 Å². The van der Waals surface area contributed by atoms with Gasteiger partial charge in [0.2, 0.25) is 11.8 Å². The molecule has 0 radical (unpaired) electrons. The van der Waals surface area contributed by atoms with Crippen molar-refractivity contribution >= 4 is 23.2 Å². The SMILES string of the molecule is Cc1cccc(NC(=O)C(C)(C)C(=O)Nc2ccc(OC(C)C)cc2)c1C. The van der Waals surface area contributed by atoms with E-state index in [2.05, 4.69) is 10.6 Å². The number of hydrogen-bond donors (Lipinski definition) is 2. The van der Waals surface area contributed by atoms with Gasteiger partial charge in [0.1, 0.15) is 11.2 Å². The number of amides is 2. The summed E-state index contributed by atoms with van der Waals surface area (Å²) in [5.74, 6) is 0.00576. The van der Waals surface area contributed by atoms with Crippen LogP contribution in [-0.4, -0.2) is 17.9 Å². The molecule has 144 valence electrons. The smallest absolute Gasteiger partial charge is 0.239 e. The third-order valence-corrected chi connectivity index (χ3v) is 4.47. The Morgan fingerprint density at radius 2 is 1.52 bits per heavy atom. The number of nitrogens with one attached hydrogen (secondary N) is 2. The first-order valence-electron chi connectivity index (χ1n) is 9.07. The summed E-state index contributed by atoms with van der Waals surface area (Å²) >= 11 is 0. The van der Waals surface area contributed by atoms with Crippen LogP contribution >= 0.6 is 0 Å². The standard InChI is InChI=1S/C22H28N2O3/c1-14(2)27-18-12-10-17(11-13-18)23-20(25)22(5,6)21(26)24-19-9-7-8-15(3)16(19)4/h7-14H,1-6H3,(H,23,25)(H,24,26). The quantitative estimate of drug-likeness (QED) is 0.727. The molecule has 5 heteroatoms. The Bertz CT molecular complexity index is 824. The molecule has 0 aromatic heterocycles. The summed E-state index contributed by atoms with van der Waals surface area (Å²) in [5.41, 5.74) is 2.17. The highest BCUT2D eigenvalue weighted by molar-refractivity contribution is 6.14. The van der Waals surface area contributed by atoms with Crippen molar-refractivity contribution in [2.24, 2.45) is 5.41 Å². The van der Waals surface area contributed by atoms with Crippen LogP contribution in [0.1, 0.15) is 38.8 Å². The summed E-state index contributed by atoms with van der Waals surface area (Å²) in [4.78, 5) is 25.4. The van der Waals surface area contributed by atoms with Crippen LogP contribution in [0.4, 0.5) is 11.4 Å². The van der Waals surface area contributed by atoms with Crippen molar-refractivity contribution in [2.45, 2.75) is 47.6 Å². The largest absolute Gasteiger partial charge is 0.491 e. The highest BCUT2D eigenvalue weighted by Crippen LogP contribution is 2.25. The average molecular weight is 368 g/mol. The molecule has 0 spiro atoms. The number of carbonyl (C=O) groups excluding carboxylic acids is 2. The highest BCUT2D eigenvalue weighted by Gasteiger charge is 2.36. The Morgan fingerprint density at radius 3 is 2.11 bits per heavy atom. The zero-order chi connectivity index (χ0) is 20.2. The summed E-state index contributed by atoms with van der Waals surface area (Å²) < 4.78 is 5.59. The van der Waals surface area contributed by atoms with Gasteiger partial charge in [-0.2, -0.15) is 0 Å². The Morgan fingerprint density at radius 1 is 0.926 bits per heavy atom. The summed E-state index contributed by atoms with van der Waals surface area (Å²) in [5, 5.41) is 5.67. The van der Waals surface area contributed by atoms with E-state index in [4.69, 9.17) is 4.74 Å². The molecule has 2 aromatic rings. The molecule has 0 bridgehead atoms. The Hall–Kier alpha value is -2.82. The van der Waals surface area contributed by atoms with Gasteiger partial charge in [-0.15, -0.1) is 0 Å². The zero-order valence-corrected chi connectivity index (χ0v) is 16.8. The second-order valence-corrected chi connectivity index (χ2v) is 7.47. The van der Waals surface area contributed by atoms with Crippen LogP contribution in [0.25, 0.3) is 0 Å². The van der Waals surface area contributed by atoms with E-state index in [1.165, 1.54) is 0 Å². The van der Waals surface area contributed by atoms with E-state index < -0.39 is 5.41 Å². The first kappa shape index (κ1) is 20.5. The number of anilines is 2. The van der Waals surface area contributed by atoms with Gasteiger partial charge in [0.05, 0.1) is 6.10 Å². The number of benzene rings is 2. The van der Waals surface area contributed by atoms with E-state index in [-0.39, 0.29) is 17.9 Å². The molecule has 27 heavy (non-hydrogen) atoms. The van der Waals surface area contributed by atoms with Crippen molar-refractivity contribution in [2.75, 3.05) is 10.6 Å². The van der Waals surface area contributed by atoms with Crippen LogP contribution in [0, 0.1) is 19.3 Å². The lowest BCUT2D eigenvalue weighted by molar-refractivity contribution is -0.135. The molecule has 0 atom stereocenters. The summed E-state index contributed by atoms with van der Waals surface area (Å²) in [7, 11) is 0. The van der Waals surface area contributed by atoms with Gasteiger partial charge in [-0.1, -0.05) is 12.1 Å². The van der Waals surface area contributed by atoms with Gasteiger partial charge < -0.3 is 15.4 Å². The molecule has 0 unspecified atom stereocenters. The number of ether oxygens (including phenoxy) is 1. The molecule has 0 fully saturated rings. The molecule has 0 aliphatic rings. The van der Waals surface area contributed by atoms with Gasteiger partial charge in [-0.3, -0.25) is 9.59 Å². The molecular weight excluding hydrogens is 340 g/mol. The summed E-state index contributed by atoms with van der Waals surface area (Å²) in [6.07, 6.45) is 0.0816. The number of carbonyl (C=O) groups is 2. The Labute approximate surface area is 161 Å². The first-order chi connectivity index (χ1) is 12.6. The van der Waals surface area contributed by atoms with E-state index >= 15 is 0 Å². The molecular formula is C22H28N2O3. The maximum atomic E-state index is 12.7.